The molecule has 0 spiro atoms. The first-order valence-electron chi connectivity index (χ1n) is 11.7. The van der Waals surface area contributed by atoms with E-state index in [-0.39, 0.29) is 23.1 Å². The molecule has 2 aromatic carbocycles. The van der Waals surface area contributed by atoms with Crippen LogP contribution in [-0.2, 0) is 4.74 Å². The number of carbonyl (C=O) groups is 1. The van der Waals surface area contributed by atoms with Crippen molar-refractivity contribution in [1.82, 2.24) is 9.97 Å². The third-order valence-corrected chi connectivity index (χ3v) is 6.31. The minimum absolute atomic E-state index is 0.0367. The molecule has 1 saturated heterocycles. The number of anilines is 3. The minimum Gasteiger partial charge on any atom is -0.464 e. The third-order valence-electron chi connectivity index (χ3n) is 6.31. The second kappa shape index (κ2) is 9.14. The lowest BCUT2D eigenvalue weighted by atomic mass is 10.1. The molecule has 37 heavy (non-hydrogen) atoms. The fourth-order valence-corrected chi connectivity index (χ4v) is 4.62. The van der Waals surface area contributed by atoms with Crippen LogP contribution in [0.2, 0.25) is 0 Å². The van der Waals surface area contributed by atoms with E-state index in [1.165, 1.54) is 19.3 Å². The van der Waals surface area contributed by atoms with Crippen molar-refractivity contribution in [2.75, 3.05) is 36.5 Å². The van der Waals surface area contributed by atoms with Crippen LogP contribution in [-0.4, -0.2) is 42.1 Å². The highest BCUT2D eigenvalue weighted by Gasteiger charge is 2.24. The van der Waals surface area contributed by atoms with E-state index in [2.05, 4.69) is 15.3 Å². The van der Waals surface area contributed by atoms with Crippen molar-refractivity contribution < 1.29 is 22.8 Å². The monoisotopic (exact) mass is 500 g/mol. The Morgan fingerprint density at radius 1 is 1.08 bits per heavy atom. The topological polar surface area (TPSA) is 111 Å². The number of nitrogens with one attached hydrogen (secondary N) is 1. The van der Waals surface area contributed by atoms with Gasteiger partial charge in [-0.3, -0.25) is 4.79 Å². The average molecular weight is 500 g/mol. The normalized spacial score (nSPS) is 13.8. The first-order valence-corrected chi connectivity index (χ1v) is 11.7. The van der Waals surface area contributed by atoms with Crippen LogP contribution in [0.1, 0.15) is 17.3 Å². The second-order valence-electron chi connectivity index (χ2n) is 8.63. The van der Waals surface area contributed by atoms with Crippen molar-refractivity contribution in [3.8, 4) is 11.3 Å². The zero-order valence-corrected chi connectivity index (χ0v) is 19.8. The Labute approximate surface area is 209 Å². The maximum Gasteiger partial charge on any atom is 0.349 e. The van der Waals surface area contributed by atoms with E-state index < -0.39 is 5.63 Å². The second-order valence-corrected chi connectivity index (χ2v) is 8.63. The summed E-state index contributed by atoms with van der Waals surface area (Å²) in [5.74, 6) is -0.435. The Balaban J connectivity index is 1.38. The predicted octanol–water partition coefficient (Wildman–Crippen LogP) is 4.92. The molecule has 1 fully saturated rings. The van der Waals surface area contributed by atoms with Crippen LogP contribution in [0.4, 0.5) is 21.7 Å². The number of ketones is 1. The number of rotatable bonds is 5. The minimum atomic E-state index is -0.685. The molecule has 186 valence electrons. The zero-order valence-electron chi connectivity index (χ0n) is 19.8. The van der Waals surface area contributed by atoms with Crippen LogP contribution < -0.4 is 15.8 Å². The summed E-state index contributed by atoms with van der Waals surface area (Å²) < 4.78 is 30.6. The number of benzene rings is 2. The largest absolute Gasteiger partial charge is 0.464 e. The van der Waals surface area contributed by atoms with Gasteiger partial charge < -0.3 is 23.8 Å². The maximum atomic E-state index is 14.1. The molecule has 1 aliphatic heterocycles. The van der Waals surface area contributed by atoms with E-state index >= 15 is 0 Å². The molecule has 9 nitrogen and oxygen atoms in total. The molecule has 1 N–H and O–H groups in total. The lowest BCUT2D eigenvalue weighted by Gasteiger charge is -2.30. The van der Waals surface area contributed by atoms with E-state index in [4.69, 9.17) is 13.6 Å². The Bertz CT molecular complexity index is 1720. The zero-order chi connectivity index (χ0) is 25.5. The molecule has 3 aromatic heterocycles. The fraction of sp³-hybridized carbons (Fsp3) is 0.185. The summed E-state index contributed by atoms with van der Waals surface area (Å²) >= 11 is 0. The highest BCUT2D eigenvalue weighted by molar-refractivity contribution is 6.07. The van der Waals surface area contributed by atoms with Gasteiger partial charge in [0, 0.05) is 42.0 Å². The fourth-order valence-electron chi connectivity index (χ4n) is 4.62. The molecular weight excluding hydrogens is 479 g/mol. The summed E-state index contributed by atoms with van der Waals surface area (Å²) in [5, 5.41) is 4.15. The summed E-state index contributed by atoms with van der Waals surface area (Å²) in [6, 6.07) is 11.5. The maximum absolute atomic E-state index is 14.1. The first-order chi connectivity index (χ1) is 18.0. The lowest BCUT2D eigenvalue weighted by Crippen LogP contribution is -2.38. The number of aromatic nitrogens is 2. The molecule has 0 atom stereocenters. The van der Waals surface area contributed by atoms with Crippen LogP contribution in [0.3, 0.4) is 0 Å². The molecule has 6 rings (SSSR count). The van der Waals surface area contributed by atoms with Crippen LogP contribution in [0.25, 0.3) is 33.2 Å². The summed E-state index contributed by atoms with van der Waals surface area (Å²) in [6.45, 7) is 3.49. The summed E-state index contributed by atoms with van der Waals surface area (Å²) in [4.78, 5) is 36.0. The molecule has 0 aliphatic carbocycles. The van der Waals surface area contributed by atoms with Gasteiger partial charge >= 0.3 is 5.63 Å². The van der Waals surface area contributed by atoms with Gasteiger partial charge in [0.05, 0.1) is 36.2 Å². The van der Waals surface area contributed by atoms with Gasteiger partial charge in [-0.25, -0.2) is 19.2 Å². The number of fused-ring (bicyclic) bond motifs is 2. The Kier molecular flexibility index (Phi) is 5.65. The molecule has 0 saturated carbocycles. The van der Waals surface area contributed by atoms with Gasteiger partial charge in [-0.2, -0.15) is 0 Å². The van der Waals surface area contributed by atoms with Crippen molar-refractivity contribution in [3.05, 3.63) is 76.7 Å². The van der Waals surface area contributed by atoms with Gasteiger partial charge in [-0.05, 0) is 43.3 Å². The molecule has 0 bridgehead atoms. The number of hydrogen-bond donors (Lipinski definition) is 1. The Morgan fingerprint density at radius 2 is 1.92 bits per heavy atom. The highest BCUT2D eigenvalue weighted by Crippen LogP contribution is 2.33. The summed E-state index contributed by atoms with van der Waals surface area (Å²) in [5.41, 5.74) is 2.39. The van der Waals surface area contributed by atoms with Crippen molar-refractivity contribution in [2.24, 2.45) is 0 Å². The number of nitrogens with zero attached hydrogens (tertiary/aromatic N) is 3. The molecule has 0 unspecified atom stereocenters. The van der Waals surface area contributed by atoms with Crippen molar-refractivity contribution in [3.63, 3.8) is 0 Å². The van der Waals surface area contributed by atoms with Crippen molar-refractivity contribution in [2.45, 2.75) is 6.92 Å². The molecular formula is C27H21FN4O5. The van der Waals surface area contributed by atoms with Crippen LogP contribution >= 0.6 is 0 Å². The van der Waals surface area contributed by atoms with Crippen molar-refractivity contribution >= 4 is 45.0 Å². The highest BCUT2D eigenvalue weighted by atomic mass is 19.1. The summed E-state index contributed by atoms with van der Waals surface area (Å²) in [6.07, 6.45) is 3.02. The third kappa shape index (κ3) is 4.11. The van der Waals surface area contributed by atoms with E-state index in [1.807, 2.05) is 4.90 Å². The number of Topliss-reactive ketones (excluding diaryl/α,β-unsaturated/α-hetero) is 1. The molecule has 1 aliphatic rings. The average Bonchev–Trinajstić information content (AvgIpc) is 3.39. The first kappa shape index (κ1) is 22.9. The van der Waals surface area contributed by atoms with E-state index in [9.17, 15) is 14.0 Å². The van der Waals surface area contributed by atoms with E-state index in [0.29, 0.717) is 70.9 Å². The molecule has 0 amide bonds. The van der Waals surface area contributed by atoms with Gasteiger partial charge in [0.15, 0.2) is 5.78 Å². The number of morpholine rings is 1. The van der Waals surface area contributed by atoms with Gasteiger partial charge in [0.25, 0.3) is 0 Å². The quantitative estimate of drug-likeness (QED) is 0.266. The van der Waals surface area contributed by atoms with E-state index in [0.717, 1.165) is 0 Å². The van der Waals surface area contributed by atoms with Gasteiger partial charge in [-0.15, -0.1) is 0 Å². The molecule has 5 aromatic rings. The SMILES string of the molecule is CC(=O)c1c(N2CCOCC2)c2ccc(Nc3nccc(-c4ccc(F)c5ccoc45)n3)cc2oc1=O. The number of hydrogen-bond acceptors (Lipinski definition) is 9. The van der Waals surface area contributed by atoms with Gasteiger partial charge in [0.1, 0.15) is 22.5 Å². The Morgan fingerprint density at radius 3 is 2.73 bits per heavy atom. The van der Waals surface area contributed by atoms with Gasteiger partial charge in [-0.1, -0.05) is 0 Å². The van der Waals surface area contributed by atoms with Crippen LogP contribution in [0.15, 0.2) is 68.6 Å². The summed E-state index contributed by atoms with van der Waals surface area (Å²) in [7, 11) is 0. The molecule has 4 heterocycles. The Hall–Kier alpha value is -4.57. The van der Waals surface area contributed by atoms with Crippen LogP contribution in [0, 0.1) is 5.82 Å². The molecule has 10 heteroatoms. The van der Waals surface area contributed by atoms with E-state index in [1.54, 1.807) is 42.6 Å². The number of ether oxygens (including phenoxy) is 1. The number of halogens is 1. The lowest BCUT2D eigenvalue weighted by molar-refractivity contribution is 0.101. The van der Waals surface area contributed by atoms with Crippen LogP contribution in [0.5, 0.6) is 0 Å². The standard InChI is InChI=1S/C27H21FN4O5/c1-15(33)23-24(32-9-12-35-13-10-32)19-3-2-16(14-22(19)37-26(23)34)30-27-29-8-6-21(31-27)18-4-5-20(28)17-7-11-36-25(17)18/h2-8,11,14H,9-10,12-13H2,1H3,(H,29,30,31). The number of carbonyl (C=O) groups excluding carboxylic acids is 1. The molecule has 0 radical (unpaired) electrons. The predicted molar refractivity (Wildman–Crippen MR) is 136 cm³/mol. The smallest absolute Gasteiger partial charge is 0.349 e. The van der Waals surface area contributed by atoms with Gasteiger partial charge in [0.2, 0.25) is 5.95 Å². The number of furan rings is 1. The van der Waals surface area contributed by atoms with Crippen molar-refractivity contribution in [1.29, 1.82) is 0 Å².